The molecule has 7 saturated heterocycles. The monoisotopic (exact) mass is 754 g/mol. The Labute approximate surface area is 298 Å². The first-order valence-electron chi connectivity index (χ1n) is 18.6. The van der Waals surface area contributed by atoms with Crippen LogP contribution in [0, 0.1) is 41.4 Å². The molecule has 8 aliphatic heterocycles. The van der Waals surface area contributed by atoms with Gasteiger partial charge in [-0.25, -0.2) is 19.6 Å². The van der Waals surface area contributed by atoms with E-state index in [1.807, 2.05) is 6.92 Å². The zero-order valence-corrected chi connectivity index (χ0v) is 30.0. The van der Waals surface area contributed by atoms with Crippen molar-refractivity contribution in [1.82, 2.24) is 0 Å². The molecule has 0 aromatic rings. The van der Waals surface area contributed by atoms with Crippen molar-refractivity contribution >= 4 is 0 Å². The van der Waals surface area contributed by atoms with Crippen molar-refractivity contribution in [2.75, 3.05) is 19.8 Å². The standard InChI is InChI=1S/C36H48F6O10/c1-19-8-10-25-21(3)34(36(40,41)42,48-29-32(25)23(19)12-15-31(5,47-29)50-51-32)44-17-7-6-16-43-18-22-26-11-9-20(2)24-13-14-30(4)46-28(33(24,26)52-49-30)45-27(22)35(37,38)39/h6-7,19-21,23-26,28-29H,8-18H2,1-5H3/b7-6+/t19-,20-,21-,23?,24?,25+,26+,28-,29+,30+,31+,32?,33?,34-/m1/s1. The van der Waals surface area contributed by atoms with Crippen LogP contribution in [0.3, 0.4) is 0 Å². The molecule has 10 aliphatic rings. The van der Waals surface area contributed by atoms with E-state index in [4.69, 9.17) is 48.0 Å². The normalized spacial score (nSPS) is 50.0. The van der Waals surface area contributed by atoms with E-state index in [1.54, 1.807) is 13.8 Å². The molecule has 4 bridgehead atoms. The fourth-order valence-corrected chi connectivity index (χ4v) is 10.9. The highest BCUT2D eigenvalue weighted by atomic mass is 19.4. The molecular formula is C36H48F6O10. The lowest BCUT2D eigenvalue weighted by Gasteiger charge is -2.62. The fraction of sp³-hybridized carbons (Fsp3) is 0.889. The van der Waals surface area contributed by atoms with Gasteiger partial charge in [-0.3, -0.25) is 0 Å². The summed E-state index contributed by atoms with van der Waals surface area (Å²) in [4.78, 5) is 23.4. The third-order valence-electron chi connectivity index (χ3n) is 13.6. The highest BCUT2D eigenvalue weighted by Gasteiger charge is 2.77. The number of rotatable bonds is 7. The molecule has 2 saturated carbocycles. The van der Waals surface area contributed by atoms with Crippen molar-refractivity contribution in [1.29, 1.82) is 0 Å². The summed E-state index contributed by atoms with van der Waals surface area (Å²) in [5.74, 6) is -9.26. The van der Waals surface area contributed by atoms with Crippen LogP contribution in [-0.4, -0.2) is 73.3 Å². The maximum Gasteiger partial charge on any atom is 0.449 e. The van der Waals surface area contributed by atoms with E-state index in [9.17, 15) is 13.2 Å². The average Bonchev–Trinajstić information content (AvgIpc) is 3.44. The molecule has 10 rings (SSSR count). The van der Waals surface area contributed by atoms with Crippen LogP contribution < -0.4 is 0 Å². The maximum absolute atomic E-state index is 15.1. The van der Waals surface area contributed by atoms with Crippen LogP contribution in [0.2, 0.25) is 0 Å². The molecule has 294 valence electrons. The predicted octanol–water partition coefficient (Wildman–Crippen LogP) is 7.78. The molecule has 0 amide bonds. The average molecular weight is 755 g/mol. The van der Waals surface area contributed by atoms with Crippen LogP contribution in [0.25, 0.3) is 0 Å². The summed E-state index contributed by atoms with van der Waals surface area (Å²) in [5.41, 5.74) is -2.60. The Morgan fingerprint density at radius 1 is 0.692 bits per heavy atom. The van der Waals surface area contributed by atoms with Gasteiger partial charge in [0.2, 0.25) is 23.6 Å². The van der Waals surface area contributed by atoms with Crippen LogP contribution in [0.15, 0.2) is 23.5 Å². The van der Waals surface area contributed by atoms with E-state index in [1.165, 1.54) is 19.1 Å². The molecule has 8 heterocycles. The Hall–Kier alpha value is -1.50. The maximum atomic E-state index is 15.1. The molecule has 2 aliphatic carbocycles. The Balaban J connectivity index is 0.974. The fourth-order valence-electron chi connectivity index (χ4n) is 10.9. The zero-order chi connectivity index (χ0) is 37.1. The first-order valence-corrected chi connectivity index (χ1v) is 18.6. The minimum absolute atomic E-state index is 0.102. The summed E-state index contributed by atoms with van der Waals surface area (Å²) in [5, 5.41) is 0. The van der Waals surface area contributed by atoms with Gasteiger partial charge >= 0.3 is 12.4 Å². The number of alkyl halides is 6. The Morgan fingerprint density at radius 2 is 1.29 bits per heavy atom. The van der Waals surface area contributed by atoms with Gasteiger partial charge in [-0.05, 0) is 70.1 Å². The molecule has 0 radical (unpaired) electrons. The highest BCUT2D eigenvalue weighted by Crippen LogP contribution is 2.65. The number of halogens is 6. The van der Waals surface area contributed by atoms with E-state index < -0.39 is 90.2 Å². The van der Waals surface area contributed by atoms with Crippen molar-refractivity contribution in [2.24, 2.45) is 41.4 Å². The molecule has 0 aromatic heterocycles. The van der Waals surface area contributed by atoms with Gasteiger partial charge in [0.1, 0.15) is 0 Å². The smallest absolute Gasteiger partial charge is 0.449 e. The van der Waals surface area contributed by atoms with Crippen molar-refractivity contribution in [3.8, 4) is 0 Å². The largest absolute Gasteiger partial charge is 0.456 e. The summed E-state index contributed by atoms with van der Waals surface area (Å²) in [7, 11) is 0. The molecular weight excluding hydrogens is 706 g/mol. The van der Waals surface area contributed by atoms with Gasteiger partial charge in [0, 0.05) is 42.1 Å². The first-order chi connectivity index (χ1) is 24.4. The third kappa shape index (κ3) is 5.47. The lowest BCUT2D eigenvalue weighted by atomic mass is 9.57. The van der Waals surface area contributed by atoms with E-state index in [2.05, 4.69) is 6.92 Å². The Morgan fingerprint density at radius 3 is 1.94 bits per heavy atom. The SMILES string of the molecule is C[C@@H]1CC[C@H]2C(COC/C=C/CO[C@@]3(C(F)(F)F)O[C@@H]4O[C@]5(C)CCC6[C@H](C)CC[C@@H]([C@H]3C)C64OO5)=C(C(F)(F)F)O[C@@H]3O[C@]4(C)CCC1C32OO4. The van der Waals surface area contributed by atoms with Gasteiger partial charge in [-0.15, -0.1) is 0 Å². The molecule has 16 heteroatoms. The van der Waals surface area contributed by atoms with Crippen molar-refractivity contribution in [3.63, 3.8) is 0 Å². The Kier molecular flexibility index (Phi) is 9.00. The van der Waals surface area contributed by atoms with Crippen molar-refractivity contribution < 1.29 is 74.3 Å². The lowest BCUT2D eigenvalue weighted by molar-refractivity contribution is -0.598. The van der Waals surface area contributed by atoms with Crippen LogP contribution >= 0.6 is 0 Å². The number of fused-ring (bicyclic) bond motifs is 4. The molecule has 0 aromatic carbocycles. The van der Waals surface area contributed by atoms with E-state index in [-0.39, 0.29) is 35.9 Å². The summed E-state index contributed by atoms with van der Waals surface area (Å²) in [6, 6.07) is 0. The number of hydrogen-bond acceptors (Lipinski definition) is 10. The minimum atomic E-state index is -4.94. The molecule has 52 heavy (non-hydrogen) atoms. The lowest BCUT2D eigenvalue weighted by Crippen LogP contribution is -2.76. The topological polar surface area (TPSA) is 92.3 Å². The van der Waals surface area contributed by atoms with Gasteiger partial charge in [0.05, 0.1) is 19.8 Å². The first kappa shape index (κ1) is 37.4. The van der Waals surface area contributed by atoms with Gasteiger partial charge < -0.3 is 28.4 Å². The van der Waals surface area contributed by atoms with E-state index in [0.717, 1.165) is 0 Å². The van der Waals surface area contributed by atoms with Gasteiger partial charge in [-0.2, -0.15) is 26.3 Å². The quantitative estimate of drug-likeness (QED) is 0.111. The van der Waals surface area contributed by atoms with Crippen LogP contribution in [0.4, 0.5) is 26.3 Å². The summed E-state index contributed by atoms with van der Waals surface area (Å²) in [6.07, 6.45) is -5.34. The third-order valence-corrected chi connectivity index (χ3v) is 13.6. The van der Waals surface area contributed by atoms with Crippen LogP contribution in [0.1, 0.15) is 86.0 Å². The molecule has 9 fully saturated rings. The van der Waals surface area contributed by atoms with E-state index in [0.29, 0.717) is 51.4 Å². The zero-order valence-electron chi connectivity index (χ0n) is 30.0. The number of ether oxygens (including phenoxy) is 6. The summed E-state index contributed by atoms with van der Waals surface area (Å²) < 4.78 is 124. The second-order valence-corrected chi connectivity index (χ2v) is 16.6. The molecule has 2 spiro atoms. The van der Waals surface area contributed by atoms with Gasteiger partial charge in [0.15, 0.2) is 17.5 Å². The highest BCUT2D eigenvalue weighted by molar-refractivity contribution is 5.28. The number of allylic oxidation sites excluding steroid dienone is 1. The van der Waals surface area contributed by atoms with Gasteiger partial charge in [0.25, 0.3) is 5.79 Å². The minimum Gasteiger partial charge on any atom is -0.456 e. The second-order valence-electron chi connectivity index (χ2n) is 16.6. The van der Waals surface area contributed by atoms with E-state index >= 15 is 13.2 Å². The molecule has 0 N–H and O–H groups in total. The van der Waals surface area contributed by atoms with Gasteiger partial charge in [-0.1, -0.05) is 32.9 Å². The molecule has 14 atom stereocenters. The predicted molar refractivity (Wildman–Crippen MR) is 165 cm³/mol. The number of hydrogen-bond donors (Lipinski definition) is 0. The second kappa shape index (κ2) is 12.5. The molecule has 10 nitrogen and oxygen atoms in total. The summed E-state index contributed by atoms with van der Waals surface area (Å²) >= 11 is 0. The van der Waals surface area contributed by atoms with Crippen LogP contribution in [-0.2, 0) is 48.0 Å². The molecule has 4 unspecified atom stereocenters. The van der Waals surface area contributed by atoms with Crippen molar-refractivity contribution in [2.45, 2.75) is 139 Å². The van der Waals surface area contributed by atoms with Crippen LogP contribution in [0.5, 0.6) is 0 Å². The van der Waals surface area contributed by atoms with Crippen molar-refractivity contribution in [3.05, 3.63) is 23.5 Å². The summed E-state index contributed by atoms with van der Waals surface area (Å²) in [6.45, 7) is 7.67. The Bertz CT molecular complexity index is 1460.